The van der Waals surface area contributed by atoms with E-state index in [1.54, 1.807) is 0 Å². The summed E-state index contributed by atoms with van der Waals surface area (Å²) >= 11 is 0. The molecule has 102 valence electrons. The minimum Gasteiger partial charge on any atom is -0.338 e. The van der Waals surface area contributed by atoms with E-state index in [0.29, 0.717) is 0 Å². The van der Waals surface area contributed by atoms with E-state index >= 15 is 0 Å². The van der Waals surface area contributed by atoms with Crippen LogP contribution in [0.1, 0.15) is 5.56 Å². The number of aromatic amines is 1. The Morgan fingerprint density at radius 2 is 1.75 bits per heavy atom. The van der Waals surface area contributed by atoms with Crippen molar-refractivity contribution in [3.05, 3.63) is 54.1 Å². The number of sulfone groups is 1. The number of hydrogen-bond donors (Lipinski definition) is 1. The Labute approximate surface area is 117 Å². The average Bonchev–Trinajstić information content (AvgIpc) is 2.81. The molecule has 4 nitrogen and oxygen atoms in total. The van der Waals surface area contributed by atoms with Crippen LogP contribution in [0.2, 0.25) is 0 Å². The monoisotopic (exact) mass is 286 g/mol. The molecule has 0 bridgehead atoms. The third-order valence-corrected chi connectivity index (χ3v) is 3.90. The number of para-hydroxylation sites is 2. The lowest BCUT2D eigenvalue weighted by Crippen LogP contribution is -2.00. The summed E-state index contributed by atoms with van der Waals surface area (Å²) in [6.07, 6.45) is 1.24. The quantitative estimate of drug-likeness (QED) is 0.805. The molecule has 0 unspecified atom stereocenters. The third-order valence-electron chi connectivity index (χ3n) is 3.05. The van der Waals surface area contributed by atoms with Gasteiger partial charge in [-0.1, -0.05) is 36.4 Å². The lowest BCUT2D eigenvalue weighted by Gasteiger charge is -2.01. The van der Waals surface area contributed by atoms with Gasteiger partial charge < -0.3 is 4.98 Å². The first-order valence-corrected chi connectivity index (χ1v) is 8.29. The van der Waals surface area contributed by atoms with Crippen molar-refractivity contribution in [2.45, 2.75) is 5.75 Å². The normalized spacial score (nSPS) is 11.8. The van der Waals surface area contributed by atoms with Crippen LogP contribution in [0, 0.1) is 0 Å². The Balaban J connectivity index is 1.94. The van der Waals surface area contributed by atoms with Gasteiger partial charge in [0.2, 0.25) is 0 Å². The Morgan fingerprint density at radius 3 is 2.40 bits per heavy atom. The molecule has 0 spiro atoms. The average molecular weight is 286 g/mol. The number of nitrogens with zero attached hydrogens (tertiary/aromatic N) is 1. The highest BCUT2D eigenvalue weighted by Crippen LogP contribution is 2.21. The topological polar surface area (TPSA) is 62.8 Å². The molecule has 1 aromatic heterocycles. The van der Waals surface area contributed by atoms with Gasteiger partial charge in [0.15, 0.2) is 9.84 Å². The SMILES string of the molecule is CS(=O)(=O)Cc1ccc(-c2nc3ccccc3[nH]2)cc1. The van der Waals surface area contributed by atoms with Gasteiger partial charge in [-0.05, 0) is 17.7 Å². The van der Waals surface area contributed by atoms with Crippen LogP contribution >= 0.6 is 0 Å². The molecule has 0 saturated carbocycles. The highest BCUT2D eigenvalue weighted by molar-refractivity contribution is 7.89. The van der Waals surface area contributed by atoms with Crippen LogP contribution in [0.3, 0.4) is 0 Å². The van der Waals surface area contributed by atoms with Gasteiger partial charge in [0, 0.05) is 11.8 Å². The first-order valence-electron chi connectivity index (χ1n) is 6.23. The highest BCUT2D eigenvalue weighted by Gasteiger charge is 2.07. The second-order valence-electron chi connectivity index (χ2n) is 4.87. The van der Waals surface area contributed by atoms with Crippen molar-refractivity contribution in [1.82, 2.24) is 9.97 Å². The van der Waals surface area contributed by atoms with E-state index in [4.69, 9.17) is 0 Å². The summed E-state index contributed by atoms with van der Waals surface area (Å²) in [7, 11) is -3.00. The van der Waals surface area contributed by atoms with Gasteiger partial charge >= 0.3 is 0 Å². The highest BCUT2D eigenvalue weighted by atomic mass is 32.2. The standard InChI is InChI=1S/C15H14N2O2S/c1-20(18,19)10-11-6-8-12(9-7-11)15-16-13-4-2-3-5-14(13)17-15/h2-9H,10H2,1H3,(H,16,17). The minimum atomic E-state index is -3.00. The summed E-state index contributed by atoms with van der Waals surface area (Å²) < 4.78 is 22.5. The number of H-pyrrole nitrogens is 1. The Kier molecular flexibility index (Phi) is 3.06. The molecule has 0 aliphatic carbocycles. The van der Waals surface area contributed by atoms with E-state index in [-0.39, 0.29) is 5.75 Å². The molecule has 5 heteroatoms. The fraction of sp³-hybridized carbons (Fsp3) is 0.133. The summed E-state index contributed by atoms with van der Waals surface area (Å²) in [5, 5.41) is 0. The van der Waals surface area contributed by atoms with Crippen molar-refractivity contribution in [3.63, 3.8) is 0 Å². The van der Waals surface area contributed by atoms with E-state index in [9.17, 15) is 8.42 Å². The fourth-order valence-electron chi connectivity index (χ4n) is 2.15. The number of rotatable bonds is 3. The molecular formula is C15H14N2O2S. The molecule has 1 heterocycles. The molecule has 3 rings (SSSR count). The third kappa shape index (κ3) is 2.72. The largest absolute Gasteiger partial charge is 0.338 e. The lowest BCUT2D eigenvalue weighted by molar-refractivity contribution is 0.601. The number of imidazole rings is 1. The van der Waals surface area contributed by atoms with Gasteiger partial charge in [-0.2, -0.15) is 0 Å². The number of fused-ring (bicyclic) bond motifs is 1. The van der Waals surface area contributed by atoms with E-state index in [2.05, 4.69) is 9.97 Å². The van der Waals surface area contributed by atoms with Crippen LogP contribution in [0.25, 0.3) is 22.4 Å². The summed E-state index contributed by atoms with van der Waals surface area (Å²) in [6, 6.07) is 15.3. The molecule has 0 amide bonds. The Morgan fingerprint density at radius 1 is 1.05 bits per heavy atom. The van der Waals surface area contributed by atoms with Crippen LogP contribution in [-0.2, 0) is 15.6 Å². The smallest absolute Gasteiger partial charge is 0.151 e. The Bertz CT molecular complexity index is 816. The second kappa shape index (κ2) is 4.76. The van der Waals surface area contributed by atoms with Gasteiger partial charge in [-0.3, -0.25) is 0 Å². The van der Waals surface area contributed by atoms with Crippen LogP contribution in [0.5, 0.6) is 0 Å². The van der Waals surface area contributed by atoms with Gasteiger partial charge in [0.25, 0.3) is 0 Å². The van der Waals surface area contributed by atoms with Crippen molar-refractivity contribution in [2.24, 2.45) is 0 Å². The summed E-state index contributed by atoms with van der Waals surface area (Å²) in [5.74, 6) is 0.852. The van der Waals surface area contributed by atoms with Crippen LogP contribution in [-0.4, -0.2) is 24.6 Å². The first-order chi connectivity index (χ1) is 9.51. The van der Waals surface area contributed by atoms with Crippen molar-refractivity contribution in [1.29, 1.82) is 0 Å². The molecule has 2 aromatic carbocycles. The molecule has 1 N–H and O–H groups in total. The van der Waals surface area contributed by atoms with Crippen LogP contribution in [0.15, 0.2) is 48.5 Å². The maximum absolute atomic E-state index is 11.3. The van der Waals surface area contributed by atoms with Crippen molar-refractivity contribution in [3.8, 4) is 11.4 Å². The van der Waals surface area contributed by atoms with E-state index in [0.717, 1.165) is 28.0 Å². The van der Waals surface area contributed by atoms with E-state index in [1.807, 2.05) is 48.5 Å². The van der Waals surface area contributed by atoms with E-state index in [1.165, 1.54) is 6.26 Å². The molecule has 3 aromatic rings. The zero-order valence-corrected chi connectivity index (χ0v) is 11.8. The minimum absolute atomic E-state index is 0.0629. The second-order valence-corrected chi connectivity index (χ2v) is 7.01. The van der Waals surface area contributed by atoms with Crippen LogP contribution < -0.4 is 0 Å². The maximum atomic E-state index is 11.3. The summed E-state index contributed by atoms with van der Waals surface area (Å²) in [6.45, 7) is 0. The zero-order valence-electron chi connectivity index (χ0n) is 11.0. The first kappa shape index (κ1) is 12.9. The molecule has 0 radical (unpaired) electrons. The number of aromatic nitrogens is 2. The van der Waals surface area contributed by atoms with E-state index < -0.39 is 9.84 Å². The van der Waals surface area contributed by atoms with Crippen LogP contribution in [0.4, 0.5) is 0 Å². The molecule has 0 fully saturated rings. The summed E-state index contributed by atoms with van der Waals surface area (Å²) in [5.41, 5.74) is 3.64. The maximum Gasteiger partial charge on any atom is 0.151 e. The zero-order chi connectivity index (χ0) is 14.2. The fourth-order valence-corrected chi connectivity index (χ4v) is 2.95. The number of hydrogen-bond acceptors (Lipinski definition) is 3. The molecular weight excluding hydrogens is 272 g/mol. The van der Waals surface area contributed by atoms with Gasteiger partial charge in [0.1, 0.15) is 5.82 Å². The Hall–Kier alpha value is -2.14. The summed E-state index contributed by atoms with van der Waals surface area (Å²) in [4.78, 5) is 7.76. The van der Waals surface area contributed by atoms with Crippen molar-refractivity contribution in [2.75, 3.05) is 6.26 Å². The van der Waals surface area contributed by atoms with Gasteiger partial charge in [0.05, 0.1) is 16.8 Å². The molecule has 20 heavy (non-hydrogen) atoms. The molecule has 0 saturated heterocycles. The van der Waals surface area contributed by atoms with Crippen molar-refractivity contribution >= 4 is 20.9 Å². The van der Waals surface area contributed by atoms with Crippen molar-refractivity contribution < 1.29 is 8.42 Å². The predicted octanol–water partition coefficient (Wildman–Crippen LogP) is 2.77. The number of nitrogens with one attached hydrogen (secondary N) is 1. The van der Waals surface area contributed by atoms with Gasteiger partial charge in [-0.15, -0.1) is 0 Å². The molecule has 0 atom stereocenters. The molecule has 0 aliphatic rings. The van der Waals surface area contributed by atoms with Gasteiger partial charge in [-0.25, -0.2) is 13.4 Å². The molecule has 0 aliphatic heterocycles. The predicted molar refractivity (Wildman–Crippen MR) is 80.1 cm³/mol. The lowest BCUT2D eigenvalue weighted by atomic mass is 10.1. The number of benzene rings is 2.